The van der Waals surface area contributed by atoms with Crippen molar-refractivity contribution in [3.05, 3.63) is 94.8 Å². The van der Waals surface area contributed by atoms with E-state index < -0.39 is 39.2 Å². The highest BCUT2D eigenvalue weighted by atomic mass is 35.5. The van der Waals surface area contributed by atoms with Gasteiger partial charge in [0.15, 0.2) is 0 Å². The summed E-state index contributed by atoms with van der Waals surface area (Å²) in [6.45, 7) is 6.75. The molecule has 3 aromatic carbocycles. The third kappa shape index (κ3) is 7.11. The molecule has 8 nitrogen and oxygen atoms in total. The van der Waals surface area contributed by atoms with E-state index in [4.69, 9.17) is 22.1 Å². The number of carbonyl (C=O) groups is 1. The predicted molar refractivity (Wildman–Crippen MR) is 175 cm³/mol. The van der Waals surface area contributed by atoms with Crippen LogP contribution in [-0.4, -0.2) is 62.1 Å². The molecule has 4 N–H and O–H groups in total. The first-order chi connectivity index (χ1) is 21.4. The third-order valence-corrected chi connectivity index (χ3v) is 11.4. The van der Waals surface area contributed by atoms with Crippen molar-refractivity contribution in [1.29, 1.82) is 0 Å². The van der Waals surface area contributed by atoms with Crippen molar-refractivity contribution in [3.8, 4) is 0 Å². The number of halogens is 2. The van der Waals surface area contributed by atoms with Gasteiger partial charge in [0, 0.05) is 46.9 Å². The van der Waals surface area contributed by atoms with Gasteiger partial charge in [0.1, 0.15) is 5.82 Å². The van der Waals surface area contributed by atoms with Crippen LogP contribution in [0.3, 0.4) is 0 Å². The fourth-order valence-electron chi connectivity index (χ4n) is 7.13. The lowest BCUT2D eigenvalue weighted by Gasteiger charge is -2.46. The van der Waals surface area contributed by atoms with Crippen LogP contribution >= 0.6 is 11.6 Å². The van der Waals surface area contributed by atoms with Crippen molar-refractivity contribution in [3.63, 3.8) is 0 Å². The summed E-state index contributed by atoms with van der Waals surface area (Å²) in [4.78, 5) is 14.1. The molecule has 2 heterocycles. The Labute approximate surface area is 270 Å². The molecular weight excluding hydrogens is 615 g/mol. The number of sulfonamides is 1. The number of rotatable bonds is 9. The summed E-state index contributed by atoms with van der Waals surface area (Å²) in [5.41, 5.74) is 7.61. The second-order valence-electron chi connectivity index (χ2n) is 12.4. The SMILES string of the molecule is C[C@@H]1CC(c2ccc(Cl)cc2)([C@H](N)C(=O)Nc2cccc(F)c2CC[C@H]2CNC[C@H](C)N2S(=O)(=O)c2ccccc2)C[C@H](C)O1. The third-order valence-electron chi connectivity index (χ3n) is 9.10. The number of nitrogens with two attached hydrogens (primary N) is 1. The summed E-state index contributed by atoms with van der Waals surface area (Å²) in [6.07, 6.45) is 1.36. The second-order valence-corrected chi connectivity index (χ2v) is 14.7. The standard InChI is InChI=1S/C34H42ClFN4O4S/c1-22-20-38-21-27(40(22)45(42,43)28-8-5-4-6-9-28)16-17-29-30(36)10-7-11-31(29)39-33(41)32(37)34(18-23(2)44-24(3)19-34)25-12-14-26(35)15-13-25/h4-15,22-24,27,32,38H,16-21,37H2,1-3H3,(H,39,41)/t22-,23-,24+,27-,32+,34?/m0/s1. The van der Waals surface area contributed by atoms with Crippen LogP contribution in [0.5, 0.6) is 0 Å². The molecule has 0 aromatic heterocycles. The van der Waals surface area contributed by atoms with Crippen molar-refractivity contribution in [2.75, 3.05) is 18.4 Å². The lowest BCUT2D eigenvalue weighted by molar-refractivity contribution is -0.122. The summed E-state index contributed by atoms with van der Waals surface area (Å²) >= 11 is 6.18. The Hall–Kier alpha value is -2.86. The van der Waals surface area contributed by atoms with Crippen molar-refractivity contribution in [1.82, 2.24) is 9.62 Å². The van der Waals surface area contributed by atoms with Gasteiger partial charge in [-0.05, 0) is 88.4 Å². The minimum atomic E-state index is -3.78. The van der Waals surface area contributed by atoms with E-state index in [1.54, 1.807) is 54.6 Å². The number of hydrogen-bond acceptors (Lipinski definition) is 6. The topological polar surface area (TPSA) is 114 Å². The summed E-state index contributed by atoms with van der Waals surface area (Å²) in [7, 11) is -3.78. The van der Waals surface area contributed by atoms with E-state index in [1.807, 2.05) is 32.9 Å². The molecule has 0 radical (unpaired) electrons. The van der Waals surface area contributed by atoms with Crippen molar-refractivity contribution >= 4 is 33.2 Å². The Bertz CT molecular complexity index is 1580. The first-order valence-corrected chi connectivity index (χ1v) is 17.3. The van der Waals surface area contributed by atoms with Gasteiger partial charge in [-0.3, -0.25) is 4.79 Å². The molecule has 45 heavy (non-hydrogen) atoms. The van der Waals surface area contributed by atoms with E-state index in [9.17, 15) is 13.2 Å². The highest BCUT2D eigenvalue weighted by Gasteiger charge is 2.47. The quantitative estimate of drug-likeness (QED) is 0.290. The van der Waals surface area contributed by atoms with Gasteiger partial charge in [0.25, 0.3) is 0 Å². The van der Waals surface area contributed by atoms with Crippen LogP contribution in [0.25, 0.3) is 0 Å². The van der Waals surface area contributed by atoms with E-state index in [1.165, 1.54) is 10.4 Å². The number of carbonyl (C=O) groups excluding carboxylic acids is 1. The molecule has 1 amide bonds. The molecule has 2 aliphatic heterocycles. The summed E-state index contributed by atoms with van der Waals surface area (Å²) in [5, 5.41) is 6.83. The Balaban J connectivity index is 1.39. The highest BCUT2D eigenvalue weighted by molar-refractivity contribution is 7.89. The molecule has 242 valence electrons. The van der Waals surface area contributed by atoms with E-state index in [-0.39, 0.29) is 29.6 Å². The van der Waals surface area contributed by atoms with Crippen LogP contribution in [0, 0.1) is 5.82 Å². The van der Waals surface area contributed by atoms with E-state index in [0.29, 0.717) is 48.6 Å². The molecule has 0 spiro atoms. The Morgan fingerprint density at radius 2 is 1.71 bits per heavy atom. The van der Waals surface area contributed by atoms with Crippen LogP contribution < -0.4 is 16.4 Å². The average Bonchev–Trinajstić information content (AvgIpc) is 3.00. The number of amides is 1. The summed E-state index contributed by atoms with van der Waals surface area (Å²) in [5.74, 6) is -0.907. The van der Waals surface area contributed by atoms with Gasteiger partial charge < -0.3 is 21.1 Å². The Morgan fingerprint density at radius 3 is 2.38 bits per heavy atom. The van der Waals surface area contributed by atoms with E-state index >= 15 is 4.39 Å². The number of nitrogens with zero attached hydrogens (tertiary/aromatic N) is 1. The van der Waals surface area contributed by atoms with Gasteiger partial charge in [-0.2, -0.15) is 4.31 Å². The van der Waals surface area contributed by atoms with Crippen LogP contribution in [0.15, 0.2) is 77.7 Å². The fourth-order valence-corrected chi connectivity index (χ4v) is 9.12. The molecule has 6 atom stereocenters. The maximum absolute atomic E-state index is 15.4. The zero-order valence-corrected chi connectivity index (χ0v) is 27.5. The highest BCUT2D eigenvalue weighted by Crippen LogP contribution is 2.43. The number of benzene rings is 3. The second kappa shape index (κ2) is 13.9. The fraction of sp³-hybridized carbons (Fsp3) is 0.441. The minimum absolute atomic E-state index is 0.130. The minimum Gasteiger partial charge on any atom is -0.375 e. The molecule has 0 bridgehead atoms. The van der Waals surface area contributed by atoms with Crippen LogP contribution in [0.4, 0.5) is 10.1 Å². The summed E-state index contributed by atoms with van der Waals surface area (Å²) in [6, 6.07) is 18.6. The first kappa shape index (κ1) is 33.5. The van der Waals surface area contributed by atoms with Crippen molar-refractivity contribution in [2.45, 2.75) is 87.1 Å². The molecular formula is C34H42ClFN4O4S. The Morgan fingerprint density at radius 1 is 1.04 bits per heavy atom. The lowest BCUT2D eigenvalue weighted by atomic mass is 9.66. The maximum Gasteiger partial charge on any atom is 0.243 e. The number of anilines is 1. The van der Waals surface area contributed by atoms with Gasteiger partial charge in [-0.1, -0.05) is 48.0 Å². The average molecular weight is 657 g/mol. The summed E-state index contributed by atoms with van der Waals surface area (Å²) < 4.78 is 50.3. The van der Waals surface area contributed by atoms with Gasteiger partial charge in [-0.15, -0.1) is 0 Å². The van der Waals surface area contributed by atoms with E-state index in [0.717, 1.165) is 5.56 Å². The van der Waals surface area contributed by atoms with Gasteiger partial charge in [-0.25, -0.2) is 12.8 Å². The Kier molecular flexibility index (Phi) is 10.3. The molecule has 3 aromatic rings. The molecule has 11 heteroatoms. The number of ether oxygens (including phenoxy) is 1. The van der Waals surface area contributed by atoms with Crippen LogP contribution in [0.2, 0.25) is 5.02 Å². The molecule has 0 saturated carbocycles. The molecule has 2 aliphatic rings. The molecule has 2 saturated heterocycles. The van der Waals surface area contributed by atoms with Crippen molar-refractivity contribution < 1.29 is 22.3 Å². The number of nitrogens with one attached hydrogen (secondary N) is 2. The first-order valence-electron chi connectivity index (χ1n) is 15.5. The zero-order chi connectivity index (χ0) is 32.4. The molecule has 2 fully saturated rings. The number of hydrogen-bond donors (Lipinski definition) is 3. The smallest absolute Gasteiger partial charge is 0.243 e. The molecule has 5 rings (SSSR count). The zero-order valence-electron chi connectivity index (χ0n) is 25.9. The normalized spacial score (nSPS) is 26.7. The van der Waals surface area contributed by atoms with Crippen LogP contribution in [0.1, 0.15) is 51.2 Å². The number of piperazine rings is 1. The largest absolute Gasteiger partial charge is 0.375 e. The lowest BCUT2D eigenvalue weighted by Crippen LogP contribution is -2.58. The van der Waals surface area contributed by atoms with Gasteiger partial charge in [0.05, 0.1) is 23.1 Å². The monoisotopic (exact) mass is 656 g/mol. The van der Waals surface area contributed by atoms with Crippen LogP contribution in [-0.2, 0) is 31.4 Å². The maximum atomic E-state index is 15.4. The molecule has 1 unspecified atom stereocenters. The molecule has 0 aliphatic carbocycles. The van der Waals surface area contributed by atoms with Gasteiger partial charge >= 0.3 is 0 Å². The van der Waals surface area contributed by atoms with Gasteiger partial charge in [0.2, 0.25) is 15.9 Å². The predicted octanol–water partition coefficient (Wildman–Crippen LogP) is 5.25. The van der Waals surface area contributed by atoms with Crippen molar-refractivity contribution in [2.24, 2.45) is 5.73 Å². The van der Waals surface area contributed by atoms with E-state index in [2.05, 4.69) is 10.6 Å².